The number of carboxylic acids is 1. The first-order valence-electron chi connectivity index (χ1n) is 9.32. The summed E-state index contributed by atoms with van der Waals surface area (Å²) in [5, 5.41) is 10.3. The zero-order valence-corrected chi connectivity index (χ0v) is 18.2. The molecule has 0 radical (unpaired) electrons. The summed E-state index contributed by atoms with van der Waals surface area (Å²) in [7, 11) is 0. The molecule has 0 aromatic rings. The molecular weight excluding hydrogens is 316 g/mol. The molecule has 0 fully saturated rings. The van der Waals surface area contributed by atoms with Gasteiger partial charge in [0, 0.05) is 0 Å². The number of hydrogen-bond acceptors (Lipinski definition) is 3. The minimum Gasteiger partial charge on any atom is -0.481 e. The van der Waals surface area contributed by atoms with Gasteiger partial charge in [0.2, 0.25) is 0 Å². The van der Waals surface area contributed by atoms with Gasteiger partial charge in [0.15, 0.2) is 0 Å². The van der Waals surface area contributed by atoms with Crippen molar-refractivity contribution in [2.24, 2.45) is 33.5 Å². The Morgan fingerprint density at radius 3 is 1.52 bits per heavy atom. The van der Waals surface area contributed by atoms with Gasteiger partial charge >= 0.3 is 11.9 Å². The van der Waals surface area contributed by atoms with Gasteiger partial charge in [-0.25, -0.2) is 0 Å². The van der Waals surface area contributed by atoms with Gasteiger partial charge in [0.1, 0.15) is 0 Å². The summed E-state index contributed by atoms with van der Waals surface area (Å²) >= 11 is 0. The summed E-state index contributed by atoms with van der Waals surface area (Å²) in [6, 6.07) is 0. The molecule has 0 heterocycles. The zero-order chi connectivity index (χ0) is 20.4. The molecule has 25 heavy (non-hydrogen) atoms. The minimum absolute atomic E-state index is 0.165. The third-order valence-electron chi connectivity index (χ3n) is 5.32. The first-order chi connectivity index (χ1) is 10.9. The monoisotopic (exact) mass is 356 g/mol. The molecule has 0 aliphatic carbocycles. The van der Waals surface area contributed by atoms with Gasteiger partial charge in [-0.3, -0.25) is 9.59 Å². The van der Waals surface area contributed by atoms with Crippen molar-refractivity contribution in [2.75, 3.05) is 6.61 Å². The highest BCUT2D eigenvalue weighted by Crippen LogP contribution is 2.56. The van der Waals surface area contributed by atoms with Crippen molar-refractivity contribution in [1.82, 2.24) is 0 Å². The summed E-state index contributed by atoms with van der Waals surface area (Å²) in [6.45, 7) is 21.7. The molecule has 148 valence electrons. The van der Waals surface area contributed by atoms with Gasteiger partial charge in [0.05, 0.1) is 17.4 Å². The molecule has 0 amide bonds. The van der Waals surface area contributed by atoms with Gasteiger partial charge in [-0.2, -0.15) is 0 Å². The van der Waals surface area contributed by atoms with Crippen LogP contribution in [0.3, 0.4) is 0 Å². The summed E-state index contributed by atoms with van der Waals surface area (Å²) in [5.74, 6) is -1.70. The van der Waals surface area contributed by atoms with Crippen LogP contribution in [0.5, 0.6) is 0 Å². The topological polar surface area (TPSA) is 63.6 Å². The fraction of sp³-hybridized carbons (Fsp3) is 0.905. The smallest absolute Gasteiger partial charge is 0.313 e. The predicted octanol–water partition coefficient (Wildman–Crippen LogP) is 5.40. The van der Waals surface area contributed by atoms with Crippen LogP contribution in [-0.4, -0.2) is 23.7 Å². The molecule has 2 atom stereocenters. The van der Waals surface area contributed by atoms with Crippen LogP contribution in [0.15, 0.2) is 0 Å². The van der Waals surface area contributed by atoms with Crippen LogP contribution >= 0.6 is 0 Å². The van der Waals surface area contributed by atoms with Gasteiger partial charge in [-0.05, 0) is 36.0 Å². The second-order valence-corrected chi connectivity index (χ2v) is 10.7. The highest BCUT2D eigenvalue weighted by molar-refractivity contribution is 5.88. The lowest BCUT2D eigenvalue weighted by atomic mass is 9.50. The molecule has 1 N–H and O–H groups in total. The molecule has 0 aliphatic heterocycles. The Hall–Kier alpha value is -1.06. The fourth-order valence-corrected chi connectivity index (χ4v) is 3.73. The van der Waals surface area contributed by atoms with E-state index < -0.39 is 22.8 Å². The molecule has 0 aliphatic rings. The Labute approximate surface area is 154 Å². The maximum absolute atomic E-state index is 13.2. The van der Waals surface area contributed by atoms with Crippen LogP contribution in [-0.2, 0) is 14.3 Å². The molecular formula is C21H40O4. The van der Waals surface area contributed by atoms with Crippen molar-refractivity contribution in [3.8, 4) is 0 Å². The highest BCUT2D eigenvalue weighted by Gasteiger charge is 2.63. The summed E-state index contributed by atoms with van der Waals surface area (Å²) < 4.78 is 5.65. The average molecular weight is 357 g/mol. The van der Waals surface area contributed by atoms with Crippen LogP contribution in [0.1, 0.15) is 82.6 Å². The second kappa shape index (κ2) is 7.67. The summed E-state index contributed by atoms with van der Waals surface area (Å²) in [5.41, 5.74) is -2.72. The van der Waals surface area contributed by atoms with Crippen molar-refractivity contribution in [2.45, 2.75) is 82.6 Å². The number of carbonyl (C=O) groups excluding carboxylic acids is 1. The number of rotatable bonds is 7. The number of ether oxygens (including phenoxy) is 1. The third kappa shape index (κ3) is 5.21. The van der Waals surface area contributed by atoms with Crippen molar-refractivity contribution in [3.63, 3.8) is 0 Å². The van der Waals surface area contributed by atoms with E-state index in [0.717, 1.165) is 0 Å². The Balaban J connectivity index is 6.33. The van der Waals surface area contributed by atoms with Crippen molar-refractivity contribution < 1.29 is 19.4 Å². The Bertz CT molecular complexity index is 479. The SMILES string of the molecule is CC(C)C(C)(C(=O)OCC(C)(C)C)C(CC(C)(C)C)(C(=O)O)C(C)C. The van der Waals surface area contributed by atoms with Crippen molar-refractivity contribution >= 4 is 11.9 Å². The minimum atomic E-state index is -1.20. The van der Waals surface area contributed by atoms with Crippen LogP contribution in [0.2, 0.25) is 0 Å². The maximum atomic E-state index is 13.2. The number of carboxylic acid groups (broad SMARTS) is 1. The van der Waals surface area contributed by atoms with E-state index in [1.807, 2.05) is 69.2 Å². The predicted molar refractivity (Wildman–Crippen MR) is 102 cm³/mol. The Kier molecular flexibility index (Phi) is 7.35. The largest absolute Gasteiger partial charge is 0.481 e. The lowest BCUT2D eigenvalue weighted by Gasteiger charge is -2.51. The fourth-order valence-electron chi connectivity index (χ4n) is 3.73. The normalized spacial score (nSPS) is 18.0. The molecule has 0 aromatic carbocycles. The number of carbonyl (C=O) groups is 2. The first-order valence-corrected chi connectivity index (χ1v) is 9.32. The lowest BCUT2D eigenvalue weighted by Crippen LogP contribution is -2.58. The van der Waals surface area contributed by atoms with E-state index in [4.69, 9.17) is 4.74 Å². The molecule has 0 rings (SSSR count). The molecule has 4 heteroatoms. The van der Waals surface area contributed by atoms with Crippen LogP contribution < -0.4 is 0 Å². The Morgan fingerprint density at radius 2 is 1.28 bits per heavy atom. The average Bonchev–Trinajstić information content (AvgIpc) is 2.38. The molecule has 0 saturated heterocycles. The van der Waals surface area contributed by atoms with Crippen molar-refractivity contribution in [3.05, 3.63) is 0 Å². The third-order valence-corrected chi connectivity index (χ3v) is 5.32. The van der Waals surface area contributed by atoms with Crippen LogP contribution in [0.4, 0.5) is 0 Å². The maximum Gasteiger partial charge on any atom is 0.313 e. The van der Waals surface area contributed by atoms with E-state index in [1.54, 1.807) is 6.92 Å². The number of hydrogen-bond donors (Lipinski definition) is 1. The van der Waals surface area contributed by atoms with E-state index >= 15 is 0 Å². The molecule has 2 unspecified atom stereocenters. The van der Waals surface area contributed by atoms with Gasteiger partial charge in [0.25, 0.3) is 0 Å². The molecule has 4 nitrogen and oxygen atoms in total. The second-order valence-electron chi connectivity index (χ2n) is 10.7. The molecule has 0 bridgehead atoms. The lowest BCUT2D eigenvalue weighted by molar-refractivity contribution is -0.192. The van der Waals surface area contributed by atoms with E-state index in [1.165, 1.54) is 0 Å². The zero-order valence-electron chi connectivity index (χ0n) is 18.2. The van der Waals surface area contributed by atoms with E-state index in [-0.39, 0.29) is 29.3 Å². The van der Waals surface area contributed by atoms with Gasteiger partial charge in [-0.15, -0.1) is 0 Å². The highest BCUT2D eigenvalue weighted by atomic mass is 16.5. The van der Waals surface area contributed by atoms with Crippen LogP contribution in [0, 0.1) is 33.5 Å². The number of aliphatic carboxylic acids is 1. The summed E-state index contributed by atoms with van der Waals surface area (Å²) in [6.07, 6.45) is 0.409. The van der Waals surface area contributed by atoms with Crippen molar-refractivity contribution in [1.29, 1.82) is 0 Å². The van der Waals surface area contributed by atoms with E-state index in [0.29, 0.717) is 6.42 Å². The Morgan fingerprint density at radius 1 is 0.840 bits per heavy atom. The summed E-state index contributed by atoms with van der Waals surface area (Å²) in [4.78, 5) is 25.8. The number of esters is 1. The van der Waals surface area contributed by atoms with E-state index in [9.17, 15) is 14.7 Å². The standard InChI is InChI=1S/C21H40O4/c1-14(2)20(11,17(24)25-13-19(8,9)10)21(15(3)4,16(22)23)12-18(5,6)7/h14-15H,12-13H2,1-11H3,(H,22,23). The molecule has 0 spiro atoms. The first kappa shape index (κ1) is 23.9. The van der Waals surface area contributed by atoms with Crippen LogP contribution in [0.25, 0.3) is 0 Å². The quantitative estimate of drug-likeness (QED) is 0.620. The van der Waals surface area contributed by atoms with Gasteiger partial charge < -0.3 is 9.84 Å². The van der Waals surface area contributed by atoms with Gasteiger partial charge in [-0.1, -0.05) is 69.2 Å². The molecule has 0 aromatic heterocycles. The molecule has 0 saturated carbocycles. The van der Waals surface area contributed by atoms with E-state index in [2.05, 4.69) is 0 Å².